The second kappa shape index (κ2) is 9.07. The number of fused-ring (bicyclic) bond motifs is 1. The Hall–Kier alpha value is -3.22. The zero-order chi connectivity index (χ0) is 21.7. The number of rotatable bonds is 6. The Balaban J connectivity index is 1.47. The minimum atomic E-state index is -0.974. The van der Waals surface area contributed by atoms with Gasteiger partial charge in [0.05, 0.1) is 0 Å². The van der Waals surface area contributed by atoms with Crippen LogP contribution in [0.25, 0.3) is 0 Å². The van der Waals surface area contributed by atoms with Gasteiger partial charge in [-0.3, -0.25) is 4.79 Å². The standard InChI is InChI=1S/C23H27NO6/c1-15(22(26)24-17-7-10-19-20(13-17)28-12-11-27-19)30-21(25)14-29-18-8-5-16(6-9-18)23(2,3)4/h5-10,13,15H,11-12,14H2,1-4H3,(H,24,26). The molecule has 2 aromatic carbocycles. The van der Waals surface area contributed by atoms with Crippen LogP contribution in [-0.2, 0) is 19.7 Å². The van der Waals surface area contributed by atoms with Crippen LogP contribution in [0, 0.1) is 0 Å². The van der Waals surface area contributed by atoms with Crippen molar-refractivity contribution in [3.05, 3.63) is 48.0 Å². The fourth-order valence-corrected chi connectivity index (χ4v) is 2.84. The summed E-state index contributed by atoms with van der Waals surface area (Å²) in [5.74, 6) is 0.684. The Morgan fingerprint density at radius 3 is 2.37 bits per heavy atom. The molecule has 1 aliphatic rings. The third-order valence-electron chi connectivity index (χ3n) is 4.56. The summed E-state index contributed by atoms with van der Waals surface area (Å²) in [6.45, 7) is 8.54. The highest BCUT2D eigenvalue weighted by atomic mass is 16.6. The van der Waals surface area contributed by atoms with Gasteiger partial charge in [0.2, 0.25) is 0 Å². The average molecular weight is 413 g/mol. The molecule has 1 amide bonds. The van der Waals surface area contributed by atoms with Crippen molar-refractivity contribution in [2.24, 2.45) is 0 Å². The normalized spacial score (nSPS) is 13.9. The van der Waals surface area contributed by atoms with E-state index < -0.39 is 18.0 Å². The third-order valence-corrected chi connectivity index (χ3v) is 4.56. The zero-order valence-corrected chi connectivity index (χ0v) is 17.7. The van der Waals surface area contributed by atoms with Gasteiger partial charge in [0.15, 0.2) is 24.2 Å². The number of carbonyl (C=O) groups excluding carboxylic acids is 2. The highest BCUT2D eigenvalue weighted by Crippen LogP contribution is 2.32. The van der Waals surface area contributed by atoms with Crippen molar-refractivity contribution in [1.29, 1.82) is 0 Å². The summed E-state index contributed by atoms with van der Waals surface area (Å²) in [4.78, 5) is 24.4. The largest absolute Gasteiger partial charge is 0.486 e. The van der Waals surface area contributed by atoms with Gasteiger partial charge in [0.25, 0.3) is 5.91 Å². The minimum Gasteiger partial charge on any atom is -0.486 e. The molecule has 0 saturated heterocycles. The number of amides is 1. The fraction of sp³-hybridized carbons (Fsp3) is 0.391. The van der Waals surface area contributed by atoms with Crippen molar-refractivity contribution >= 4 is 17.6 Å². The molecule has 0 radical (unpaired) electrons. The number of esters is 1. The maximum Gasteiger partial charge on any atom is 0.344 e. The Morgan fingerprint density at radius 2 is 1.70 bits per heavy atom. The minimum absolute atomic E-state index is 0.0391. The lowest BCUT2D eigenvalue weighted by atomic mass is 9.87. The van der Waals surface area contributed by atoms with Gasteiger partial charge in [-0.1, -0.05) is 32.9 Å². The van der Waals surface area contributed by atoms with E-state index in [4.69, 9.17) is 18.9 Å². The van der Waals surface area contributed by atoms with Crippen LogP contribution in [0.5, 0.6) is 17.2 Å². The molecule has 1 aliphatic heterocycles. The van der Waals surface area contributed by atoms with E-state index >= 15 is 0 Å². The number of benzene rings is 2. The second-order valence-electron chi connectivity index (χ2n) is 8.04. The third kappa shape index (κ3) is 5.65. The maximum atomic E-state index is 12.3. The topological polar surface area (TPSA) is 83.1 Å². The predicted octanol–water partition coefficient (Wildman–Crippen LogP) is 3.70. The first-order valence-electron chi connectivity index (χ1n) is 9.86. The number of anilines is 1. The summed E-state index contributed by atoms with van der Waals surface area (Å²) in [5, 5.41) is 2.70. The first-order valence-corrected chi connectivity index (χ1v) is 9.86. The molecule has 0 fully saturated rings. The first kappa shape index (κ1) is 21.5. The van der Waals surface area contributed by atoms with E-state index in [0.29, 0.717) is 36.1 Å². The van der Waals surface area contributed by atoms with Crippen LogP contribution in [0.3, 0.4) is 0 Å². The molecule has 160 valence electrons. The van der Waals surface area contributed by atoms with Gasteiger partial charge in [0, 0.05) is 11.8 Å². The molecular formula is C23H27NO6. The summed E-state index contributed by atoms with van der Waals surface area (Å²) in [7, 11) is 0. The quantitative estimate of drug-likeness (QED) is 0.727. The predicted molar refractivity (Wildman–Crippen MR) is 112 cm³/mol. The van der Waals surface area contributed by atoms with E-state index in [1.807, 2.05) is 24.3 Å². The molecule has 1 N–H and O–H groups in total. The summed E-state index contributed by atoms with van der Waals surface area (Å²) in [6, 6.07) is 12.6. The molecular weight excluding hydrogens is 386 g/mol. The lowest BCUT2D eigenvalue weighted by molar-refractivity contribution is -0.155. The second-order valence-corrected chi connectivity index (χ2v) is 8.04. The van der Waals surface area contributed by atoms with E-state index in [-0.39, 0.29) is 12.0 Å². The molecule has 7 heteroatoms. The highest BCUT2D eigenvalue weighted by Gasteiger charge is 2.20. The van der Waals surface area contributed by atoms with Gasteiger partial charge >= 0.3 is 5.97 Å². The molecule has 0 aliphatic carbocycles. The Bertz CT molecular complexity index is 901. The van der Waals surface area contributed by atoms with Crippen LogP contribution >= 0.6 is 0 Å². The average Bonchev–Trinajstić information content (AvgIpc) is 2.71. The first-order chi connectivity index (χ1) is 14.2. The number of ether oxygens (including phenoxy) is 4. The molecule has 7 nitrogen and oxygen atoms in total. The summed E-state index contributed by atoms with van der Waals surface area (Å²) >= 11 is 0. The number of nitrogens with one attached hydrogen (secondary N) is 1. The van der Waals surface area contributed by atoms with Gasteiger partial charge in [-0.2, -0.15) is 0 Å². The molecule has 0 bridgehead atoms. The Morgan fingerprint density at radius 1 is 1.03 bits per heavy atom. The lowest BCUT2D eigenvalue weighted by Gasteiger charge is -2.20. The van der Waals surface area contributed by atoms with Crippen molar-refractivity contribution in [2.75, 3.05) is 25.1 Å². The molecule has 2 aromatic rings. The number of hydrogen-bond acceptors (Lipinski definition) is 6. The van der Waals surface area contributed by atoms with E-state index in [2.05, 4.69) is 26.1 Å². The van der Waals surface area contributed by atoms with Crippen molar-refractivity contribution in [1.82, 2.24) is 0 Å². The molecule has 30 heavy (non-hydrogen) atoms. The van der Waals surface area contributed by atoms with Gasteiger partial charge in [-0.05, 0) is 42.2 Å². The maximum absolute atomic E-state index is 12.3. The molecule has 0 spiro atoms. The van der Waals surface area contributed by atoms with Crippen molar-refractivity contribution in [3.63, 3.8) is 0 Å². The summed E-state index contributed by atoms with van der Waals surface area (Å²) in [5.41, 5.74) is 1.74. The molecule has 0 aromatic heterocycles. The smallest absolute Gasteiger partial charge is 0.344 e. The zero-order valence-electron chi connectivity index (χ0n) is 17.7. The van der Waals surface area contributed by atoms with E-state index in [1.54, 1.807) is 18.2 Å². The number of carbonyl (C=O) groups is 2. The van der Waals surface area contributed by atoms with Gasteiger partial charge in [0.1, 0.15) is 19.0 Å². The lowest BCUT2D eigenvalue weighted by Crippen LogP contribution is -2.31. The molecule has 0 saturated carbocycles. The Labute approximate surface area is 176 Å². The SMILES string of the molecule is CC(OC(=O)COc1ccc(C(C)(C)C)cc1)C(=O)Nc1ccc2c(c1)OCCO2. The van der Waals surface area contributed by atoms with Crippen LogP contribution in [-0.4, -0.2) is 37.8 Å². The molecule has 1 unspecified atom stereocenters. The van der Waals surface area contributed by atoms with Crippen molar-refractivity contribution in [3.8, 4) is 17.2 Å². The van der Waals surface area contributed by atoms with Crippen molar-refractivity contribution in [2.45, 2.75) is 39.2 Å². The van der Waals surface area contributed by atoms with Gasteiger partial charge < -0.3 is 24.3 Å². The summed E-state index contributed by atoms with van der Waals surface area (Å²) < 4.78 is 21.6. The fourth-order valence-electron chi connectivity index (χ4n) is 2.84. The van der Waals surface area contributed by atoms with Crippen LogP contribution in [0.4, 0.5) is 5.69 Å². The number of hydrogen-bond donors (Lipinski definition) is 1. The van der Waals surface area contributed by atoms with Crippen LogP contribution < -0.4 is 19.5 Å². The van der Waals surface area contributed by atoms with Crippen LogP contribution in [0.2, 0.25) is 0 Å². The highest BCUT2D eigenvalue weighted by molar-refractivity contribution is 5.95. The summed E-state index contributed by atoms with van der Waals surface area (Å²) in [6.07, 6.45) is -0.974. The van der Waals surface area contributed by atoms with Crippen LogP contribution in [0.1, 0.15) is 33.3 Å². The molecule has 1 atom stereocenters. The van der Waals surface area contributed by atoms with Gasteiger partial charge in [-0.25, -0.2) is 4.79 Å². The van der Waals surface area contributed by atoms with E-state index in [1.165, 1.54) is 12.5 Å². The van der Waals surface area contributed by atoms with Crippen LogP contribution in [0.15, 0.2) is 42.5 Å². The van der Waals surface area contributed by atoms with Gasteiger partial charge in [-0.15, -0.1) is 0 Å². The van der Waals surface area contributed by atoms with Crippen molar-refractivity contribution < 1.29 is 28.5 Å². The van der Waals surface area contributed by atoms with E-state index in [0.717, 1.165) is 0 Å². The monoisotopic (exact) mass is 413 g/mol. The molecule has 1 heterocycles. The Kier molecular flexibility index (Phi) is 6.50. The van der Waals surface area contributed by atoms with E-state index in [9.17, 15) is 9.59 Å². The molecule has 3 rings (SSSR count).